The quantitative estimate of drug-likeness (QED) is 0.130. The van der Waals surface area contributed by atoms with Crippen LogP contribution >= 0.6 is 11.3 Å². The van der Waals surface area contributed by atoms with Crippen molar-refractivity contribution >= 4 is 50.7 Å². The molecule has 0 atom stereocenters. The topological polar surface area (TPSA) is 109 Å². The summed E-state index contributed by atoms with van der Waals surface area (Å²) in [5.74, 6) is 1.13. The zero-order valence-corrected chi connectivity index (χ0v) is 24.5. The molecule has 0 radical (unpaired) electrons. The van der Waals surface area contributed by atoms with Crippen molar-refractivity contribution in [3.05, 3.63) is 114 Å². The van der Waals surface area contributed by atoms with Crippen molar-refractivity contribution in [2.45, 2.75) is 0 Å². The summed E-state index contributed by atoms with van der Waals surface area (Å²) in [6.07, 6.45) is 1.21. The number of carbonyl (C=O) groups is 1. The highest BCUT2D eigenvalue weighted by molar-refractivity contribution is 7.21. The van der Waals surface area contributed by atoms with Gasteiger partial charge >= 0.3 is 5.97 Å². The number of carboxylic acids is 1. The van der Waals surface area contributed by atoms with Crippen molar-refractivity contribution in [2.75, 3.05) is 19.1 Å². The number of benzene rings is 4. The van der Waals surface area contributed by atoms with Gasteiger partial charge in [-0.1, -0.05) is 0 Å². The van der Waals surface area contributed by atoms with E-state index >= 15 is 0 Å². The summed E-state index contributed by atoms with van der Waals surface area (Å²) in [5.41, 5.74) is 5.24. The van der Waals surface area contributed by atoms with Gasteiger partial charge in [-0.3, -0.25) is 0 Å². The highest BCUT2D eigenvalue weighted by Crippen LogP contribution is 2.38. The minimum Gasteiger partial charge on any atom is -0.497 e. The van der Waals surface area contributed by atoms with E-state index in [0.717, 1.165) is 54.9 Å². The Labute approximate surface area is 257 Å². The first kappa shape index (κ1) is 28.3. The largest absolute Gasteiger partial charge is 0.497 e. The van der Waals surface area contributed by atoms with E-state index in [9.17, 15) is 4.79 Å². The van der Waals surface area contributed by atoms with E-state index in [1.165, 1.54) is 6.08 Å². The summed E-state index contributed by atoms with van der Waals surface area (Å²) < 4.78 is 17.5. The molecule has 0 saturated carbocycles. The lowest BCUT2D eigenvalue weighted by Gasteiger charge is -2.26. The van der Waals surface area contributed by atoms with Gasteiger partial charge in [-0.2, -0.15) is 5.26 Å². The number of fused-ring (bicyclic) bond motifs is 1. The molecule has 0 aliphatic heterocycles. The van der Waals surface area contributed by atoms with Gasteiger partial charge in [0.05, 0.1) is 24.4 Å². The number of nitriles is 1. The van der Waals surface area contributed by atoms with Crippen molar-refractivity contribution in [2.24, 2.45) is 0 Å². The Kier molecular flexibility index (Phi) is 7.82. The Hall–Kier alpha value is -5.85. The number of hydrogen-bond donors (Lipinski definition) is 1. The second-order valence-corrected chi connectivity index (χ2v) is 10.7. The van der Waals surface area contributed by atoms with Crippen LogP contribution in [0.25, 0.3) is 38.2 Å². The van der Waals surface area contributed by atoms with Crippen LogP contribution in [0.5, 0.6) is 11.5 Å². The summed E-state index contributed by atoms with van der Waals surface area (Å²) >= 11 is 1.57. The first-order valence-corrected chi connectivity index (χ1v) is 14.3. The van der Waals surface area contributed by atoms with Crippen LogP contribution in [-0.2, 0) is 4.79 Å². The van der Waals surface area contributed by atoms with Gasteiger partial charge in [0.1, 0.15) is 39.7 Å². The van der Waals surface area contributed by atoms with Gasteiger partial charge in [-0.25, -0.2) is 9.78 Å². The van der Waals surface area contributed by atoms with Gasteiger partial charge in [0, 0.05) is 34.3 Å². The smallest absolute Gasteiger partial charge is 0.346 e. The third-order valence-electron chi connectivity index (χ3n) is 6.97. The summed E-state index contributed by atoms with van der Waals surface area (Å²) in [5, 5.41) is 19.0. The van der Waals surface area contributed by atoms with Crippen LogP contribution in [-0.4, -0.2) is 30.3 Å². The van der Waals surface area contributed by atoms with Gasteiger partial charge in [-0.15, -0.1) is 11.3 Å². The van der Waals surface area contributed by atoms with E-state index in [-0.39, 0.29) is 0 Å². The Bertz CT molecular complexity index is 1970. The van der Waals surface area contributed by atoms with Crippen molar-refractivity contribution in [1.82, 2.24) is 4.98 Å². The maximum Gasteiger partial charge on any atom is 0.346 e. The molecule has 8 nitrogen and oxygen atoms in total. The molecule has 0 unspecified atom stereocenters. The van der Waals surface area contributed by atoms with E-state index < -0.39 is 11.5 Å². The van der Waals surface area contributed by atoms with Crippen molar-refractivity contribution in [3.63, 3.8) is 0 Å². The lowest BCUT2D eigenvalue weighted by atomic mass is 10.1. The Morgan fingerprint density at radius 2 is 1.41 bits per heavy atom. The molecular weight excluding hydrogens is 574 g/mol. The Morgan fingerprint density at radius 3 is 1.95 bits per heavy atom. The van der Waals surface area contributed by atoms with Gasteiger partial charge in [0.15, 0.2) is 0 Å². The van der Waals surface area contributed by atoms with Crippen LogP contribution in [0.1, 0.15) is 5.76 Å². The Morgan fingerprint density at radius 1 is 0.841 bits per heavy atom. The molecule has 9 heteroatoms. The van der Waals surface area contributed by atoms with Gasteiger partial charge in [0.2, 0.25) is 0 Å². The first-order valence-electron chi connectivity index (χ1n) is 13.5. The number of anilines is 3. The van der Waals surface area contributed by atoms with Crippen LogP contribution in [0, 0.1) is 11.3 Å². The molecule has 2 heterocycles. The standard InChI is InChI=1S/C35H25N3O5S/c1-41-28-12-8-26(9-13-28)38(27-10-14-29(42-2)15-11-27)25-6-3-22(4-7-25)34-37-31-17-5-23(20-33(31)44-34)32-18-16-30(43-32)19-24(21-36)35(39)40/h3-20H,1-2H3,(H,39,40). The lowest BCUT2D eigenvalue weighted by Crippen LogP contribution is -2.09. The molecule has 6 rings (SSSR count). The van der Waals surface area contributed by atoms with Crippen LogP contribution in [0.2, 0.25) is 0 Å². The maximum atomic E-state index is 11.2. The fourth-order valence-corrected chi connectivity index (χ4v) is 5.74. The van der Waals surface area contributed by atoms with Crippen molar-refractivity contribution < 1.29 is 23.8 Å². The molecule has 0 aliphatic carbocycles. The van der Waals surface area contributed by atoms with Gasteiger partial charge < -0.3 is 23.9 Å². The van der Waals surface area contributed by atoms with E-state index in [2.05, 4.69) is 29.2 Å². The van der Waals surface area contributed by atoms with E-state index in [1.54, 1.807) is 43.8 Å². The third kappa shape index (κ3) is 5.75. The molecule has 0 bridgehead atoms. The van der Waals surface area contributed by atoms with Crippen molar-refractivity contribution in [3.8, 4) is 39.5 Å². The predicted octanol–water partition coefficient (Wildman–Crippen LogP) is 8.70. The van der Waals surface area contributed by atoms with Crippen molar-refractivity contribution in [1.29, 1.82) is 5.26 Å². The zero-order chi connectivity index (χ0) is 30.6. The average molecular weight is 600 g/mol. The summed E-state index contributed by atoms with van der Waals surface area (Å²) in [7, 11) is 3.30. The lowest BCUT2D eigenvalue weighted by molar-refractivity contribution is -0.132. The molecule has 0 aliphatic rings. The molecule has 0 spiro atoms. The van der Waals surface area contributed by atoms with Crippen LogP contribution in [0.15, 0.2) is 113 Å². The minimum atomic E-state index is -1.30. The molecule has 44 heavy (non-hydrogen) atoms. The second-order valence-electron chi connectivity index (χ2n) is 9.66. The summed E-state index contributed by atoms with van der Waals surface area (Å²) in [4.78, 5) is 18.2. The highest BCUT2D eigenvalue weighted by Gasteiger charge is 2.15. The number of thiazole rings is 1. The molecular formula is C35H25N3O5S. The van der Waals surface area contributed by atoms with Gasteiger partial charge in [0.25, 0.3) is 0 Å². The SMILES string of the molecule is COc1ccc(N(c2ccc(OC)cc2)c2ccc(-c3nc4ccc(-c5ccc(C=C(C#N)C(=O)O)o5)cc4s3)cc2)cc1. The fourth-order valence-electron chi connectivity index (χ4n) is 4.73. The normalized spacial score (nSPS) is 11.2. The number of aliphatic carboxylic acids is 1. The number of carboxylic acid groups (broad SMARTS) is 1. The van der Waals surface area contributed by atoms with E-state index in [1.807, 2.05) is 66.7 Å². The second kappa shape index (κ2) is 12.2. The monoisotopic (exact) mass is 599 g/mol. The maximum absolute atomic E-state index is 11.2. The first-order chi connectivity index (χ1) is 21.4. The summed E-state index contributed by atoms with van der Waals surface area (Å²) in [6.45, 7) is 0. The van der Waals surface area contributed by atoms with Crippen LogP contribution in [0.4, 0.5) is 17.1 Å². The number of furan rings is 1. The minimum absolute atomic E-state index is 0.294. The van der Waals surface area contributed by atoms with Gasteiger partial charge in [-0.05, 0) is 103 Å². The predicted molar refractivity (Wildman–Crippen MR) is 172 cm³/mol. The summed E-state index contributed by atoms with van der Waals surface area (Å²) in [6, 6.07) is 35.0. The molecule has 2 aromatic heterocycles. The molecule has 0 fully saturated rings. The number of nitrogens with zero attached hydrogens (tertiary/aromatic N) is 3. The average Bonchev–Trinajstić information content (AvgIpc) is 3.71. The Balaban J connectivity index is 1.29. The molecule has 6 aromatic rings. The zero-order valence-electron chi connectivity index (χ0n) is 23.7. The molecule has 216 valence electrons. The molecule has 1 N–H and O–H groups in total. The molecule has 0 amide bonds. The number of methoxy groups -OCH3 is 2. The van der Waals surface area contributed by atoms with E-state index in [4.69, 9.17) is 29.2 Å². The number of hydrogen-bond acceptors (Lipinski definition) is 8. The number of rotatable bonds is 9. The van der Waals surface area contributed by atoms with E-state index in [0.29, 0.717) is 11.5 Å². The number of aromatic nitrogens is 1. The molecule has 4 aromatic carbocycles. The van der Waals surface area contributed by atoms with Crippen LogP contribution in [0.3, 0.4) is 0 Å². The molecule has 0 saturated heterocycles. The highest BCUT2D eigenvalue weighted by atomic mass is 32.1. The van der Waals surface area contributed by atoms with Crippen LogP contribution < -0.4 is 14.4 Å². The third-order valence-corrected chi connectivity index (χ3v) is 8.04. The fraction of sp³-hybridized carbons (Fsp3) is 0.0571. The number of ether oxygens (including phenoxy) is 2.